The lowest BCUT2D eigenvalue weighted by Gasteiger charge is -2.21. The first kappa shape index (κ1) is 18.5. The number of nitrogens with zero attached hydrogens (tertiary/aromatic N) is 1. The quantitative estimate of drug-likeness (QED) is 0.715. The molecule has 0 unspecified atom stereocenters. The van der Waals surface area contributed by atoms with Crippen LogP contribution in [-0.2, 0) is 0 Å². The average molecular weight is 337 g/mol. The lowest BCUT2D eigenvalue weighted by molar-refractivity contribution is 0.213. The number of aliphatic hydroxyl groups excluding tert-OH is 1. The van der Waals surface area contributed by atoms with Crippen LogP contribution in [0, 0.1) is 11.7 Å². The number of aliphatic hydroxyl groups is 1. The zero-order valence-electron chi connectivity index (χ0n) is 14.5. The van der Waals surface area contributed by atoms with Crippen molar-refractivity contribution in [3.8, 4) is 0 Å². The molecule has 1 aromatic carbocycles. The predicted molar refractivity (Wildman–Crippen MR) is 94.9 cm³/mol. The first-order valence-corrected chi connectivity index (χ1v) is 8.75. The van der Waals surface area contributed by atoms with E-state index in [1.54, 1.807) is 0 Å². The van der Waals surface area contributed by atoms with Gasteiger partial charge in [0.25, 0.3) is 0 Å². The number of benzene rings is 1. The van der Waals surface area contributed by atoms with Crippen LogP contribution in [0.3, 0.4) is 0 Å². The van der Waals surface area contributed by atoms with Crippen molar-refractivity contribution >= 4 is 17.4 Å². The summed E-state index contributed by atoms with van der Waals surface area (Å²) < 4.78 is 13.9. The minimum Gasteiger partial charge on any atom is -0.396 e. The van der Waals surface area contributed by atoms with E-state index in [4.69, 9.17) is 5.11 Å². The number of amides is 2. The summed E-state index contributed by atoms with van der Waals surface area (Å²) in [5.41, 5.74) is 1.27. The number of carbonyl (C=O) groups is 1. The highest BCUT2D eigenvalue weighted by Crippen LogP contribution is 2.25. The Morgan fingerprint density at radius 3 is 2.67 bits per heavy atom. The zero-order valence-corrected chi connectivity index (χ0v) is 14.5. The Kier molecular flexibility index (Phi) is 6.85. The van der Waals surface area contributed by atoms with E-state index in [-0.39, 0.29) is 30.4 Å². The summed E-state index contributed by atoms with van der Waals surface area (Å²) in [5.74, 6) is -0.221. The minimum absolute atomic E-state index is 0.0150. The van der Waals surface area contributed by atoms with Crippen LogP contribution in [0.5, 0.6) is 0 Å². The highest BCUT2D eigenvalue weighted by atomic mass is 19.1. The van der Waals surface area contributed by atoms with E-state index in [9.17, 15) is 9.18 Å². The maximum atomic E-state index is 13.9. The fourth-order valence-electron chi connectivity index (χ4n) is 3.04. The van der Waals surface area contributed by atoms with E-state index in [0.29, 0.717) is 12.1 Å². The molecule has 1 aliphatic rings. The summed E-state index contributed by atoms with van der Waals surface area (Å²) in [7, 11) is 0. The Balaban J connectivity index is 1.97. The van der Waals surface area contributed by atoms with Crippen LogP contribution in [0.1, 0.15) is 39.5 Å². The van der Waals surface area contributed by atoms with Crippen molar-refractivity contribution in [1.29, 1.82) is 0 Å². The minimum atomic E-state index is -0.351. The molecule has 1 fully saturated rings. The molecule has 2 atom stereocenters. The third-order valence-corrected chi connectivity index (χ3v) is 4.44. The molecule has 3 N–H and O–H groups in total. The molecule has 24 heavy (non-hydrogen) atoms. The molecule has 0 radical (unpaired) electrons. The molecule has 0 aliphatic carbocycles. The van der Waals surface area contributed by atoms with Gasteiger partial charge in [-0.05, 0) is 49.8 Å². The standard InChI is InChI=1S/C18H28FN3O2/c1-3-15(8-13(2)12-23)20-18(24)21-16-9-14(19)10-17(11-16)22-6-4-5-7-22/h9-11,13,15,23H,3-8,12H2,1-2H3,(H2,20,21,24)/t13-,15-/m1/s1. The van der Waals surface area contributed by atoms with Crippen molar-refractivity contribution in [2.75, 3.05) is 29.9 Å². The number of nitrogens with one attached hydrogen (secondary N) is 2. The molecule has 0 spiro atoms. The van der Waals surface area contributed by atoms with E-state index in [1.165, 1.54) is 12.1 Å². The summed E-state index contributed by atoms with van der Waals surface area (Å²) in [4.78, 5) is 14.3. The molecule has 5 nitrogen and oxygen atoms in total. The number of hydrogen-bond acceptors (Lipinski definition) is 3. The van der Waals surface area contributed by atoms with Gasteiger partial charge < -0.3 is 20.6 Å². The first-order chi connectivity index (χ1) is 11.5. The van der Waals surface area contributed by atoms with Crippen LogP contribution in [0.2, 0.25) is 0 Å². The van der Waals surface area contributed by atoms with Crippen LogP contribution in [0.4, 0.5) is 20.6 Å². The predicted octanol–water partition coefficient (Wildman–Crippen LogP) is 3.34. The van der Waals surface area contributed by atoms with Crippen LogP contribution in [0.25, 0.3) is 0 Å². The maximum absolute atomic E-state index is 13.9. The summed E-state index contributed by atoms with van der Waals surface area (Å²) in [6.45, 7) is 5.88. The fourth-order valence-corrected chi connectivity index (χ4v) is 3.04. The normalized spacial score (nSPS) is 16.8. The Bertz CT molecular complexity index is 547. The molecule has 6 heteroatoms. The Morgan fingerprint density at radius 2 is 2.04 bits per heavy atom. The van der Waals surface area contributed by atoms with Gasteiger partial charge in [0.15, 0.2) is 0 Å². The number of halogens is 1. The van der Waals surface area contributed by atoms with Crippen molar-refractivity contribution < 1.29 is 14.3 Å². The summed E-state index contributed by atoms with van der Waals surface area (Å²) >= 11 is 0. The van der Waals surface area contributed by atoms with Gasteiger partial charge in [-0.15, -0.1) is 0 Å². The molecule has 134 valence electrons. The molecule has 1 heterocycles. The summed E-state index contributed by atoms with van der Waals surface area (Å²) in [5, 5.41) is 14.8. The molecule has 0 saturated carbocycles. The molecular formula is C18H28FN3O2. The average Bonchev–Trinajstić information content (AvgIpc) is 3.07. The van der Waals surface area contributed by atoms with Gasteiger partial charge in [0.2, 0.25) is 0 Å². The lowest BCUT2D eigenvalue weighted by Crippen LogP contribution is -2.38. The number of carbonyl (C=O) groups excluding carboxylic acids is 1. The van der Waals surface area contributed by atoms with E-state index >= 15 is 0 Å². The fraction of sp³-hybridized carbons (Fsp3) is 0.611. The second-order valence-electron chi connectivity index (χ2n) is 6.62. The maximum Gasteiger partial charge on any atom is 0.319 e. The molecule has 0 bridgehead atoms. The third kappa shape index (κ3) is 5.37. The molecule has 0 aromatic heterocycles. The highest BCUT2D eigenvalue weighted by molar-refractivity contribution is 5.90. The molecule has 2 rings (SSSR count). The number of rotatable bonds is 7. The van der Waals surface area contributed by atoms with Crippen LogP contribution in [-0.4, -0.2) is 36.9 Å². The van der Waals surface area contributed by atoms with Gasteiger partial charge in [-0.1, -0.05) is 13.8 Å². The molecule has 2 amide bonds. The largest absolute Gasteiger partial charge is 0.396 e. The number of hydrogen-bond donors (Lipinski definition) is 3. The topological polar surface area (TPSA) is 64.6 Å². The number of urea groups is 1. The van der Waals surface area contributed by atoms with E-state index in [2.05, 4.69) is 15.5 Å². The van der Waals surface area contributed by atoms with Crippen molar-refractivity contribution in [3.63, 3.8) is 0 Å². The Labute approximate surface area is 143 Å². The van der Waals surface area contributed by atoms with Gasteiger partial charge in [-0.25, -0.2) is 9.18 Å². The zero-order chi connectivity index (χ0) is 17.5. The molecule has 1 aromatic rings. The Morgan fingerprint density at radius 1 is 1.33 bits per heavy atom. The van der Waals surface area contributed by atoms with Crippen LogP contribution >= 0.6 is 0 Å². The summed E-state index contributed by atoms with van der Waals surface area (Å²) in [6.07, 6.45) is 3.71. The molecular weight excluding hydrogens is 309 g/mol. The molecule has 1 saturated heterocycles. The molecule has 1 aliphatic heterocycles. The number of anilines is 2. The monoisotopic (exact) mass is 337 g/mol. The van der Waals surface area contributed by atoms with Crippen molar-refractivity contribution in [3.05, 3.63) is 24.0 Å². The van der Waals surface area contributed by atoms with Crippen LogP contribution < -0.4 is 15.5 Å². The van der Waals surface area contributed by atoms with Gasteiger partial charge >= 0.3 is 6.03 Å². The van der Waals surface area contributed by atoms with Gasteiger partial charge in [0.05, 0.1) is 0 Å². The second kappa shape index (κ2) is 8.87. The van der Waals surface area contributed by atoms with Gasteiger partial charge in [-0.3, -0.25) is 0 Å². The third-order valence-electron chi connectivity index (χ3n) is 4.44. The van der Waals surface area contributed by atoms with Gasteiger partial charge in [0, 0.05) is 37.1 Å². The Hall–Kier alpha value is -1.82. The summed E-state index contributed by atoms with van der Waals surface area (Å²) in [6, 6.07) is 4.29. The van der Waals surface area contributed by atoms with E-state index < -0.39 is 0 Å². The van der Waals surface area contributed by atoms with E-state index in [0.717, 1.165) is 38.0 Å². The van der Waals surface area contributed by atoms with Gasteiger partial charge in [-0.2, -0.15) is 0 Å². The van der Waals surface area contributed by atoms with Gasteiger partial charge in [0.1, 0.15) is 5.82 Å². The van der Waals surface area contributed by atoms with Crippen molar-refractivity contribution in [2.45, 2.75) is 45.6 Å². The van der Waals surface area contributed by atoms with E-state index in [1.807, 2.05) is 19.9 Å². The SMILES string of the molecule is CC[C@H](C[C@@H](C)CO)NC(=O)Nc1cc(F)cc(N2CCCC2)c1. The second-order valence-corrected chi connectivity index (χ2v) is 6.62. The smallest absolute Gasteiger partial charge is 0.319 e. The lowest BCUT2D eigenvalue weighted by atomic mass is 10.0. The highest BCUT2D eigenvalue weighted by Gasteiger charge is 2.16. The van der Waals surface area contributed by atoms with Crippen LogP contribution in [0.15, 0.2) is 18.2 Å². The van der Waals surface area contributed by atoms with Crippen molar-refractivity contribution in [2.24, 2.45) is 5.92 Å². The first-order valence-electron chi connectivity index (χ1n) is 8.75. The van der Waals surface area contributed by atoms with Crippen molar-refractivity contribution in [1.82, 2.24) is 5.32 Å².